The highest BCUT2D eigenvalue weighted by molar-refractivity contribution is 8.14. The number of nitrogens with two attached hydrogens (primary N) is 1. The maximum Gasteiger partial charge on any atom is 0.151 e. The lowest BCUT2D eigenvalue weighted by Gasteiger charge is -2.26. The first-order valence-corrected chi connectivity index (χ1v) is 4.59. The van der Waals surface area contributed by atoms with Crippen LogP contribution >= 0.6 is 11.8 Å². The van der Waals surface area contributed by atoms with E-state index < -0.39 is 0 Å². The summed E-state index contributed by atoms with van der Waals surface area (Å²) in [6, 6.07) is 0. The lowest BCUT2D eigenvalue weighted by Crippen LogP contribution is -2.24. The first kappa shape index (κ1) is 10.9. The summed E-state index contributed by atoms with van der Waals surface area (Å²) >= 11 is 1.36. The van der Waals surface area contributed by atoms with Crippen molar-refractivity contribution in [1.82, 2.24) is 0 Å². The normalized spacial score (nSPS) is 15.8. The van der Waals surface area contributed by atoms with Crippen molar-refractivity contribution in [3.05, 3.63) is 0 Å². The van der Waals surface area contributed by atoms with Gasteiger partial charge in [-0.1, -0.05) is 38.4 Å². The number of hydrogen-bond donors (Lipinski definition) is 2. The second kappa shape index (κ2) is 4.70. The third kappa shape index (κ3) is 4.35. The molecule has 11 heavy (non-hydrogen) atoms. The smallest absolute Gasteiger partial charge is 0.151 e. The topological polar surface area (TPSA) is 49.9 Å². The summed E-state index contributed by atoms with van der Waals surface area (Å²) in [6.45, 7) is 4.15. The van der Waals surface area contributed by atoms with Crippen molar-refractivity contribution in [2.75, 3.05) is 0 Å². The Labute approximate surface area is 74.2 Å². The molecule has 0 heterocycles. The second-order valence-corrected chi connectivity index (χ2v) is 4.50. The molecule has 0 saturated heterocycles. The zero-order chi connectivity index (χ0) is 8.91. The van der Waals surface area contributed by atoms with E-state index in [1.165, 1.54) is 11.8 Å². The quantitative estimate of drug-likeness (QED) is 0.383. The number of amidine groups is 1. The molecular weight excluding hydrogens is 155 g/mol. The molecule has 62 valence electrons. The molecule has 1 unspecified atom stereocenters. The lowest BCUT2D eigenvalue weighted by molar-refractivity contribution is 0.629. The van der Waals surface area contributed by atoms with Crippen molar-refractivity contribution >= 4 is 24.8 Å². The third-order valence-corrected chi connectivity index (χ3v) is 2.65. The predicted molar refractivity (Wildman–Crippen MR) is 53.4 cm³/mol. The minimum atomic E-state index is -0.0411. The SMILES string of the molecule is [B]CC(C)(CCC)SC(=N)N. The van der Waals surface area contributed by atoms with Crippen molar-refractivity contribution < 1.29 is 0 Å². The van der Waals surface area contributed by atoms with Gasteiger partial charge in [0.1, 0.15) is 0 Å². The van der Waals surface area contributed by atoms with Gasteiger partial charge in [-0.25, -0.2) is 0 Å². The molecule has 0 spiro atoms. The molecule has 4 heteroatoms. The molecule has 0 amide bonds. The molecule has 0 rings (SSSR count). The van der Waals surface area contributed by atoms with Crippen LogP contribution < -0.4 is 5.73 Å². The Morgan fingerprint density at radius 2 is 2.27 bits per heavy atom. The summed E-state index contributed by atoms with van der Waals surface area (Å²) in [6.07, 6.45) is 2.66. The van der Waals surface area contributed by atoms with Gasteiger partial charge in [0, 0.05) is 4.75 Å². The van der Waals surface area contributed by atoms with Crippen LogP contribution in [0, 0.1) is 5.41 Å². The van der Waals surface area contributed by atoms with E-state index in [0.717, 1.165) is 12.8 Å². The Morgan fingerprint density at radius 1 is 1.73 bits per heavy atom. The first-order chi connectivity index (χ1) is 5.04. The highest BCUT2D eigenvalue weighted by Gasteiger charge is 2.22. The van der Waals surface area contributed by atoms with E-state index >= 15 is 0 Å². The number of nitrogens with one attached hydrogen (secondary N) is 1. The van der Waals surface area contributed by atoms with Crippen LogP contribution in [0.4, 0.5) is 0 Å². The van der Waals surface area contributed by atoms with E-state index in [9.17, 15) is 0 Å². The zero-order valence-electron chi connectivity index (χ0n) is 7.18. The Bertz CT molecular complexity index is 140. The van der Waals surface area contributed by atoms with E-state index in [1.807, 2.05) is 6.92 Å². The molecule has 0 fully saturated rings. The molecule has 0 aromatic heterocycles. The fourth-order valence-electron chi connectivity index (χ4n) is 0.989. The van der Waals surface area contributed by atoms with Gasteiger partial charge in [-0.2, -0.15) is 0 Å². The molecule has 0 aromatic carbocycles. The molecule has 2 nitrogen and oxygen atoms in total. The highest BCUT2D eigenvalue weighted by Crippen LogP contribution is 2.32. The number of thioether (sulfide) groups is 1. The molecule has 0 bridgehead atoms. The van der Waals surface area contributed by atoms with E-state index in [0.29, 0.717) is 6.32 Å². The van der Waals surface area contributed by atoms with Crippen LogP contribution in [0.15, 0.2) is 0 Å². The minimum Gasteiger partial charge on any atom is -0.379 e. The third-order valence-electron chi connectivity index (χ3n) is 1.57. The molecule has 0 aliphatic heterocycles. The average molecular weight is 170 g/mol. The van der Waals surface area contributed by atoms with Crippen LogP contribution in [0.1, 0.15) is 26.7 Å². The molecule has 0 saturated carbocycles. The highest BCUT2D eigenvalue weighted by atomic mass is 32.2. The van der Waals surface area contributed by atoms with E-state index in [2.05, 4.69) is 6.92 Å². The molecule has 2 radical (unpaired) electrons. The van der Waals surface area contributed by atoms with Gasteiger partial charge >= 0.3 is 0 Å². The van der Waals surface area contributed by atoms with E-state index in [4.69, 9.17) is 19.0 Å². The Morgan fingerprint density at radius 3 is 2.55 bits per heavy atom. The van der Waals surface area contributed by atoms with Gasteiger partial charge < -0.3 is 5.73 Å². The predicted octanol–water partition coefficient (Wildman–Crippen LogP) is 1.76. The number of hydrogen-bond acceptors (Lipinski definition) is 2. The zero-order valence-corrected chi connectivity index (χ0v) is 8.00. The monoisotopic (exact) mass is 170 g/mol. The van der Waals surface area contributed by atoms with Crippen molar-refractivity contribution in [3.63, 3.8) is 0 Å². The Balaban J connectivity index is 3.98. The first-order valence-electron chi connectivity index (χ1n) is 3.77. The van der Waals surface area contributed by atoms with Crippen molar-refractivity contribution in [3.8, 4) is 0 Å². The Kier molecular flexibility index (Phi) is 4.65. The molecular formula is C7H15BN2S. The fraction of sp³-hybridized carbons (Fsp3) is 0.857. The van der Waals surface area contributed by atoms with Gasteiger partial charge in [-0.15, -0.1) is 0 Å². The lowest BCUT2D eigenvalue weighted by atomic mass is 9.89. The minimum absolute atomic E-state index is 0.0411. The molecule has 3 N–H and O–H groups in total. The van der Waals surface area contributed by atoms with Gasteiger partial charge in [0.15, 0.2) is 5.17 Å². The van der Waals surface area contributed by atoms with Gasteiger partial charge in [-0.05, 0) is 6.42 Å². The molecule has 0 aliphatic rings. The average Bonchev–Trinajstić information content (AvgIpc) is 1.87. The van der Waals surface area contributed by atoms with Crippen LogP contribution in [-0.4, -0.2) is 17.8 Å². The van der Waals surface area contributed by atoms with Crippen LogP contribution in [0.25, 0.3) is 0 Å². The molecule has 0 aromatic rings. The van der Waals surface area contributed by atoms with Crippen LogP contribution in [0.5, 0.6) is 0 Å². The van der Waals surface area contributed by atoms with Crippen molar-refractivity contribution in [2.45, 2.75) is 37.8 Å². The summed E-state index contributed by atoms with van der Waals surface area (Å²) in [5.41, 5.74) is 5.28. The number of rotatable bonds is 4. The Hall–Kier alpha value is -0.115. The molecule has 0 aliphatic carbocycles. The standard InChI is InChI=1S/C7H15BN2S/c1-3-4-7(2,5-8)11-6(9)10/h3-5H2,1-2H3,(H3,9,10). The van der Waals surface area contributed by atoms with Crippen molar-refractivity contribution in [2.24, 2.45) is 5.73 Å². The van der Waals surface area contributed by atoms with E-state index in [1.54, 1.807) is 0 Å². The van der Waals surface area contributed by atoms with Crippen LogP contribution in [0.2, 0.25) is 6.32 Å². The summed E-state index contributed by atoms with van der Waals surface area (Å²) in [5.74, 6) is 0. The van der Waals surface area contributed by atoms with E-state index in [-0.39, 0.29) is 9.91 Å². The van der Waals surface area contributed by atoms with Crippen LogP contribution in [-0.2, 0) is 0 Å². The maximum absolute atomic E-state index is 7.12. The fourth-order valence-corrected chi connectivity index (χ4v) is 1.91. The van der Waals surface area contributed by atoms with Gasteiger partial charge in [0.25, 0.3) is 0 Å². The summed E-state index contributed by atoms with van der Waals surface area (Å²) < 4.78 is -0.0411. The summed E-state index contributed by atoms with van der Waals surface area (Å²) in [5, 5.41) is 7.28. The molecule has 1 atom stereocenters. The largest absolute Gasteiger partial charge is 0.379 e. The van der Waals surface area contributed by atoms with Gasteiger partial charge in [-0.3, -0.25) is 5.41 Å². The van der Waals surface area contributed by atoms with Crippen LogP contribution in [0.3, 0.4) is 0 Å². The van der Waals surface area contributed by atoms with Gasteiger partial charge in [0.2, 0.25) is 0 Å². The van der Waals surface area contributed by atoms with Gasteiger partial charge in [0.05, 0.1) is 7.85 Å². The van der Waals surface area contributed by atoms with Crippen molar-refractivity contribution in [1.29, 1.82) is 5.41 Å². The summed E-state index contributed by atoms with van der Waals surface area (Å²) in [7, 11) is 5.57. The summed E-state index contributed by atoms with van der Waals surface area (Å²) in [4.78, 5) is 0. The second-order valence-electron chi connectivity index (χ2n) is 2.87. The maximum atomic E-state index is 7.12.